The van der Waals surface area contributed by atoms with Crippen molar-refractivity contribution < 1.29 is 0 Å². The topological polar surface area (TPSA) is 39.7 Å². The third-order valence-electron chi connectivity index (χ3n) is 5.51. The zero-order chi connectivity index (χ0) is 16.9. The summed E-state index contributed by atoms with van der Waals surface area (Å²) in [7, 11) is 1.88. The Morgan fingerprint density at radius 3 is 2.54 bits per heavy atom. The second-order valence-corrected chi connectivity index (χ2v) is 7.51. The number of likely N-dealkylation sites (tertiary alicyclic amines) is 1. The van der Waals surface area contributed by atoms with Gasteiger partial charge in [0.15, 0.2) is 5.96 Å². The van der Waals surface area contributed by atoms with E-state index in [2.05, 4.69) is 64.7 Å². The molecule has 0 bridgehead atoms. The maximum Gasteiger partial charge on any atom is 0.191 e. The maximum atomic E-state index is 4.41. The highest BCUT2D eigenvalue weighted by Gasteiger charge is 2.37. The van der Waals surface area contributed by atoms with Crippen LogP contribution in [0.25, 0.3) is 0 Å². The van der Waals surface area contributed by atoms with Crippen molar-refractivity contribution in [3.63, 3.8) is 0 Å². The van der Waals surface area contributed by atoms with E-state index in [9.17, 15) is 0 Å². The van der Waals surface area contributed by atoms with Crippen molar-refractivity contribution in [2.24, 2.45) is 10.9 Å². The van der Waals surface area contributed by atoms with E-state index >= 15 is 0 Å². The van der Waals surface area contributed by atoms with E-state index in [4.69, 9.17) is 0 Å². The average Bonchev–Trinajstić information content (AvgIpc) is 3.39. The van der Waals surface area contributed by atoms with E-state index in [0.29, 0.717) is 12.1 Å². The second-order valence-electron chi connectivity index (χ2n) is 7.51. The number of hydrogen-bond acceptors (Lipinski definition) is 2. The molecule has 2 fully saturated rings. The van der Waals surface area contributed by atoms with Gasteiger partial charge in [-0.15, -0.1) is 0 Å². The van der Waals surface area contributed by atoms with Gasteiger partial charge in [-0.2, -0.15) is 0 Å². The average molecular weight is 329 g/mol. The van der Waals surface area contributed by atoms with Crippen LogP contribution < -0.4 is 10.6 Å². The summed E-state index contributed by atoms with van der Waals surface area (Å²) in [5, 5.41) is 7.15. The zero-order valence-electron chi connectivity index (χ0n) is 15.3. The van der Waals surface area contributed by atoms with Gasteiger partial charge in [-0.1, -0.05) is 30.3 Å². The first-order valence-corrected chi connectivity index (χ1v) is 9.43. The number of nitrogens with zero attached hydrogens (tertiary/aromatic N) is 2. The lowest BCUT2D eigenvalue weighted by Crippen LogP contribution is -2.50. The van der Waals surface area contributed by atoms with Crippen LogP contribution in [-0.4, -0.2) is 49.6 Å². The van der Waals surface area contributed by atoms with E-state index < -0.39 is 0 Å². The summed E-state index contributed by atoms with van der Waals surface area (Å²) >= 11 is 0. The molecule has 2 unspecified atom stereocenters. The highest BCUT2D eigenvalue weighted by atomic mass is 15.2. The highest BCUT2D eigenvalue weighted by molar-refractivity contribution is 5.80. The molecule has 0 radical (unpaired) electrons. The van der Waals surface area contributed by atoms with Gasteiger partial charge in [-0.05, 0) is 50.5 Å². The van der Waals surface area contributed by atoms with Gasteiger partial charge in [0.2, 0.25) is 0 Å². The van der Waals surface area contributed by atoms with Gasteiger partial charge in [-0.3, -0.25) is 4.99 Å². The highest BCUT2D eigenvalue weighted by Crippen LogP contribution is 2.46. The first-order chi connectivity index (χ1) is 11.7. The number of nitrogens with one attached hydrogen (secondary N) is 2. The minimum absolute atomic E-state index is 0.551. The van der Waals surface area contributed by atoms with Gasteiger partial charge in [-0.25, -0.2) is 0 Å². The molecule has 1 aromatic carbocycles. The molecule has 4 nitrogen and oxygen atoms in total. The molecule has 132 valence electrons. The molecule has 0 amide bonds. The van der Waals surface area contributed by atoms with Crippen molar-refractivity contribution in [2.75, 3.05) is 26.7 Å². The molecule has 1 aliphatic heterocycles. The Hall–Kier alpha value is -1.55. The number of piperidine rings is 1. The number of aliphatic imine (C=N–C) groups is 1. The first kappa shape index (κ1) is 17.3. The second kappa shape index (κ2) is 8.02. The molecule has 0 aromatic heterocycles. The molecule has 24 heavy (non-hydrogen) atoms. The van der Waals surface area contributed by atoms with E-state index in [1.165, 1.54) is 37.9 Å². The third kappa shape index (κ3) is 4.50. The standard InChI is InChI=1S/C20H32N4/c1-15(2)24-11-9-18(10-12-24)23-20(21-3)22-14-17-13-19(17)16-7-5-4-6-8-16/h4-8,15,17-19H,9-14H2,1-3H3,(H2,21,22,23). The Bertz CT molecular complexity index is 532. The van der Waals surface area contributed by atoms with E-state index in [1.807, 2.05) is 7.05 Å². The Balaban J connectivity index is 1.39. The summed E-state index contributed by atoms with van der Waals surface area (Å²) in [4.78, 5) is 6.97. The summed E-state index contributed by atoms with van der Waals surface area (Å²) in [6.07, 6.45) is 3.70. The SMILES string of the molecule is CN=C(NCC1CC1c1ccccc1)NC1CCN(C(C)C)CC1. The Kier molecular flexibility index (Phi) is 5.77. The van der Waals surface area contributed by atoms with Crippen LogP contribution >= 0.6 is 0 Å². The van der Waals surface area contributed by atoms with Crippen LogP contribution in [0.5, 0.6) is 0 Å². The zero-order valence-corrected chi connectivity index (χ0v) is 15.3. The van der Waals surface area contributed by atoms with Crippen LogP contribution in [0.2, 0.25) is 0 Å². The monoisotopic (exact) mass is 328 g/mol. The molecule has 3 rings (SSSR count). The smallest absolute Gasteiger partial charge is 0.191 e. The van der Waals surface area contributed by atoms with Gasteiger partial charge in [0.1, 0.15) is 0 Å². The lowest BCUT2D eigenvalue weighted by atomic mass is 10.0. The normalized spacial score (nSPS) is 25.8. The molecule has 1 heterocycles. The summed E-state index contributed by atoms with van der Waals surface area (Å²) in [6.45, 7) is 7.96. The van der Waals surface area contributed by atoms with Gasteiger partial charge in [0.05, 0.1) is 0 Å². The van der Waals surface area contributed by atoms with Gasteiger partial charge >= 0.3 is 0 Å². The fourth-order valence-electron chi connectivity index (χ4n) is 3.76. The molecule has 4 heteroatoms. The minimum Gasteiger partial charge on any atom is -0.356 e. The maximum absolute atomic E-state index is 4.41. The predicted molar refractivity (Wildman–Crippen MR) is 102 cm³/mol. The molecule has 2 atom stereocenters. The van der Waals surface area contributed by atoms with Crippen molar-refractivity contribution >= 4 is 5.96 Å². The Morgan fingerprint density at radius 1 is 1.21 bits per heavy atom. The molecule has 1 aromatic rings. The van der Waals surface area contributed by atoms with Crippen molar-refractivity contribution in [1.29, 1.82) is 0 Å². The van der Waals surface area contributed by atoms with Crippen LogP contribution in [0.3, 0.4) is 0 Å². The number of benzene rings is 1. The van der Waals surface area contributed by atoms with Crippen LogP contribution in [0, 0.1) is 5.92 Å². The fourth-order valence-corrected chi connectivity index (χ4v) is 3.76. The van der Waals surface area contributed by atoms with E-state index in [-0.39, 0.29) is 0 Å². The Morgan fingerprint density at radius 2 is 1.92 bits per heavy atom. The predicted octanol–water partition coefficient (Wildman–Crippen LogP) is 2.83. The Labute approximate surface area is 146 Å². The molecule has 2 N–H and O–H groups in total. The van der Waals surface area contributed by atoms with Gasteiger partial charge < -0.3 is 15.5 Å². The molecular weight excluding hydrogens is 296 g/mol. The molecule has 0 spiro atoms. The number of rotatable bonds is 5. The van der Waals surface area contributed by atoms with E-state index in [0.717, 1.165) is 24.3 Å². The lowest BCUT2D eigenvalue weighted by Gasteiger charge is -2.35. The quantitative estimate of drug-likeness (QED) is 0.645. The van der Waals surface area contributed by atoms with Crippen LogP contribution in [0.1, 0.15) is 44.6 Å². The molecule has 1 saturated carbocycles. The van der Waals surface area contributed by atoms with Crippen LogP contribution in [0.15, 0.2) is 35.3 Å². The van der Waals surface area contributed by atoms with Crippen molar-refractivity contribution in [3.05, 3.63) is 35.9 Å². The van der Waals surface area contributed by atoms with Gasteiger partial charge in [0.25, 0.3) is 0 Å². The fraction of sp³-hybridized carbons (Fsp3) is 0.650. The number of hydrogen-bond donors (Lipinski definition) is 2. The third-order valence-corrected chi connectivity index (χ3v) is 5.51. The summed E-state index contributed by atoms with van der Waals surface area (Å²) in [5.74, 6) is 2.44. The van der Waals surface area contributed by atoms with Gasteiger partial charge in [0, 0.05) is 38.8 Å². The summed E-state index contributed by atoms with van der Waals surface area (Å²) in [5.41, 5.74) is 1.48. The summed E-state index contributed by atoms with van der Waals surface area (Å²) in [6, 6.07) is 12.1. The van der Waals surface area contributed by atoms with Crippen molar-refractivity contribution in [1.82, 2.24) is 15.5 Å². The molecule has 1 aliphatic carbocycles. The first-order valence-electron chi connectivity index (χ1n) is 9.43. The van der Waals surface area contributed by atoms with Crippen LogP contribution in [0.4, 0.5) is 0 Å². The minimum atomic E-state index is 0.551. The van der Waals surface area contributed by atoms with Crippen LogP contribution in [-0.2, 0) is 0 Å². The molecule has 2 aliphatic rings. The molecular formula is C20H32N4. The summed E-state index contributed by atoms with van der Waals surface area (Å²) < 4.78 is 0. The molecule has 1 saturated heterocycles. The van der Waals surface area contributed by atoms with Crippen molar-refractivity contribution in [3.8, 4) is 0 Å². The largest absolute Gasteiger partial charge is 0.356 e. The van der Waals surface area contributed by atoms with E-state index in [1.54, 1.807) is 0 Å². The number of guanidine groups is 1. The van der Waals surface area contributed by atoms with Crippen molar-refractivity contribution in [2.45, 2.75) is 51.1 Å². The lowest BCUT2D eigenvalue weighted by molar-refractivity contribution is 0.167.